The van der Waals surface area contributed by atoms with Crippen LogP contribution in [0.15, 0.2) is 0 Å². The molecule has 0 spiro atoms. The Labute approximate surface area is 84.8 Å². The molecule has 0 heterocycles. The van der Waals surface area contributed by atoms with Crippen LogP contribution in [-0.4, -0.2) is 39.2 Å². The Hall–Kier alpha value is -0.138. The van der Waals surface area contributed by atoms with E-state index in [-0.39, 0.29) is 40.1 Å². The van der Waals surface area contributed by atoms with Crippen molar-refractivity contribution >= 4 is 39.2 Å². The third-order valence-electron chi connectivity index (χ3n) is 1.01. The van der Waals surface area contributed by atoms with E-state index in [0.717, 1.165) is 0 Å². The Morgan fingerprint density at radius 1 is 0.909 bits per heavy atom. The van der Waals surface area contributed by atoms with Crippen LogP contribution in [0.5, 0.6) is 0 Å². The van der Waals surface area contributed by atoms with E-state index >= 15 is 0 Å². The zero-order chi connectivity index (χ0) is 7.98. The summed E-state index contributed by atoms with van der Waals surface area (Å²) >= 11 is 0. The predicted molar refractivity (Wildman–Crippen MR) is 34.2 cm³/mol. The summed E-state index contributed by atoms with van der Waals surface area (Å²) in [4.78, 5) is 19.5. The molecule has 0 aromatic heterocycles. The van der Waals surface area contributed by atoms with Gasteiger partial charge in [-0.05, 0) is 25.7 Å². The predicted octanol–water partition coefficient (Wildman–Crippen LogP) is -2.33. The van der Waals surface area contributed by atoms with Gasteiger partial charge in [-0.15, -0.1) is 0 Å². The number of hydrogen-bond acceptors (Lipinski definition) is 4. The molecule has 5 heteroatoms. The molecule has 0 amide bonds. The summed E-state index contributed by atoms with van der Waals surface area (Å²) in [6.07, 6.45) is 0.535. The average molecular weight is 351 g/mol. The second-order valence-electron chi connectivity index (χ2n) is 1.95. The quantitative estimate of drug-likeness (QED) is 0.411. The summed E-state index contributed by atoms with van der Waals surface area (Å²) in [6, 6.07) is 0. The van der Waals surface area contributed by atoms with Crippen molar-refractivity contribution in [1.82, 2.24) is 0 Å². The van der Waals surface area contributed by atoms with Crippen molar-refractivity contribution in [2.45, 2.75) is 25.7 Å². The minimum absolute atomic E-state index is 0. The molecule has 0 rings (SSSR count). The molecular formula is C6H8O4Pb. The Kier molecular flexibility index (Phi) is 9.74. The molecule has 2 radical (unpaired) electrons. The van der Waals surface area contributed by atoms with Gasteiger partial charge in [0.2, 0.25) is 0 Å². The van der Waals surface area contributed by atoms with Crippen LogP contribution >= 0.6 is 0 Å². The minimum Gasteiger partial charge on any atom is -0.550 e. The number of unbranched alkanes of at least 4 members (excludes halogenated alkanes) is 1. The molecular weight excluding hydrogens is 343 g/mol. The van der Waals surface area contributed by atoms with Crippen LogP contribution in [0.1, 0.15) is 25.7 Å². The molecule has 0 fully saturated rings. The molecule has 4 nitrogen and oxygen atoms in total. The molecule has 0 N–H and O–H groups in total. The molecule has 0 unspecified atom stereocenters. The zero-order valence-electron chi connectivity index (χ0n) is 5.96. The SMILES string of the molecule is O=C([O-])CCCCC(=O)[O-].[Pb+2]. The monoisotopic (exact) mass is 352 g/mol. The van der Waals surface area contributed by atoms with Crippen LogP contribution in [0.3, 0.4) is 0 Å². The van der Waals surface area contributed by atoms with E-state index in [0.29, 0.717) is 12.8 Å². The molecule has 0 saturated heterocycles. The Morgan fingerprint density at radius 2 is 1.18 bits per heavy atom. The maximum absolute atomic E-state index is 9.77. The summed E-state index contributed by atoms with van der Waals surface area (Å²) in [5.41, 5.74) is 0. The first-order chi connectivity index (χ1) is 4.63. The summed E-state index contributed by atoms with van der Waals surface area (Å²) in [7, 11) is 0. The van der Waals surface area contributed by atoms with Gasteiger partial charge >= 0.3 is 27.3 Å². The van der Waals surface area contributed by atoms with E-state index in [1.165, 1.54) is 0 Å². The molecule has 0 aromatic rings. The summed E-state index contributed by atoms with van der Waals surface area (Å²) in [5, 5.41) is 19.5. The molecule has 0 aliphatic rings. The minimum atomic E-state index is -1.14. The van der Waals surface area contributed by atoms with Gasteiger partial charge in [-0.1, -0.05) is 0 Å². The maximum atomic E-state index is 9.77. The molecule has 0 aliphatic heterocycles. The van der Waals surface area contributed by atoms with Gasteiger partial charge in [-0.25, -0.2) is 0 Å². The van der Waals surface area contributed by atoms with Gasteiger partial charge in [-0.3, -0.25) is 0 Å². The maximum Gasteiger partial charge on any atom is 2.00 e. The van der Waals surface area contributed by atoms with Crippen LogP contribution in [0, 0.1) is 0 Å². The third kappa shape index (κ3) is 12.9. The first kappa shape index (κ1) is 13.5. The number of carboxylic acids is 2. The van der Waals surface area contributed by atoms with Crippen LogP contribution in [-0.2, 0) is 9.59 Å². The topological polar surface area (TPSA) is 80.3 Å². The van der Waals surface area contributed by atoms with Gasteiger partial charge in [0.25, 0.3) is 0 Å². The van der Waals surface area contributed by atoms with Crippen LogP contribution < -0.4 is 10.2 Å². The van der Waals surface area contributed by atoms with Crippen molar-refractivity contribution < 1.29 is 19.8 Å². The van der Waals surface area contributed by atoms with Crippen molar-refractivity contribution in [2.24, 2.45) is 0 Å². The second-order valence-corrected chi connectivity index (χ2v) is 1.95. The summed E-state index contributed by atoms with van der Waals surface area (Å²) < 4.78 is 0. The average Bonchev–Trinajstić information content (AvgIpc) is 1.79. The summed E-state index contributed by atoms with van der Waals surface area (Å²) in [5.74, 6) is -2.28. The van der Waals surface area contributed by atoms with Crippen LogP contribution in [0.4, 0.5) is 0 Å². The molecule has 0 bridgehead atoms. The Balaban J connectivity index is 0. The number of carboxylic acid groups (broad SMARTS) is 2. The molecule has 0 aromatic carbocycles. The van der Waals surface area contributed by atoms with Crippen LogP contribution in [0.25, 0.3) is 0 Å². The van der Waals surface area contributed by atoms with Crippen molar-refractivity contribution in [2.75, 3.05) is 0 Å². The number of rotatable bonds is 5. The van der Waals surface area contributed by atoms with E-state index in [1.54, 1.807) is 0 Å². The third-order valence-corrected chi connectivity index (χ3v) is 1.01. The van der Waals surface area contributed by atoms with Gasteiger partial charge in [0.1, 0.15) is 0 Å². The van der Waals surface area contributed by atoms with Crippen molar-refractivity contribution in [1.29, 1.82) is 0 Å². The standard InChI is InChI=1S/C6H10O4.Pb/c7-5(8)3-1-2-4-6(9)10;/h1-4H2,(H,7,8)(H,9,10);/q;+2/p-2. The van der Waals surface area contributed by atoms with Gasteiger partial charge in [0.15, 0.2) is 0 Å². The largest absolute Gasteiger partial charge is 2.00 e. The van der Waals surface area contributed by atoms with Crippen LogP contribution in [0.2, 0.25) is 0 Å². The molecule has 0 atom stereocenters. The van der Waals surface area contributed by atoms with Gasteiger partial charge in [0.05, 0.1) is 0 Å². The summed E-state index contributed by atoms with van der Waals surface area (Å²) in [6.45, 7) is 0. The fourth-order valence-corrected chi connectivity index (χ4v) is 0.539. The van der Waals surface area contributed by atoms with Gasteiger partial charge in [0, 0.05) is 11.9 Å². The van der Waals surface area contributed by atoms with Crippen molar-refractivity contribution in [3.63, 3.8) is 0 Å². The number of hydrogen-bond donors (Lipinski definition) is 0. The molecule has 11 heavy (non-hydrogen) atoms. The first-order valence-electron chi connectivity index (χ1n) is 3.02. The number of aliphatic carboxylic acids is 2. The van der Waals surface area contributed by atoms with E-state index in [9.17, 15) is 19.8 Å². The Morgan fingerprint density at radius 3 is 1.36 bits per heavy atom. The molecule has 0 aliphatic carbocycles. The molecule has 60 valence electrons. The van der Waals surface area contributed by atoms with E-state index in [2.05, 4.69) is 0 Å². The van der Waals surface area contributed by atoms with E-state index < -0.39 is 11.9 Å². The number of carbonyl (C=O) groups excluding carboxylic acids is 2. The van der Waals surface area contributed by atoms with Gasteiger partial charge < -0.3 is 19.8 Å². The van der Waals surface area contributed by atoms with E-state index in [4.69, 9.17) is 0 Å². The number of carbonyl (C=O) groups is 2. The zero-order valence-corrected chi connectivity index (χ0v) is 9.85. The Bertz CT molecular complexity index is 119. The van der Waals surface area contributed by atoms with E-state index in [1.807, 2.05) is 0 Å². The second kappa shape index (κ2) is 7.96. The fraction of sp³-hybridized carbons (Fsp3) is 0.667. The molecule has 0 saturated carbocycles. The van der Waals surface area contributed by atoms with Crippen molar-refractivity contribution in [3.05, 3.63) is 0 Å². The smallest absolute Gasteiger partial charge is 0.550 e. The van der Waals surface area contributed by atoms with Crippen molar-refractivity contribution in [3.8, 4) is 0 Å². The first-order valence-corrected chi connectivity index (χ1v) is 3.02. The fourth-order valence-electron chi connectivity index (χ4n) is 0.539. The normalized spacial score (nSPS) is 8.36. The van der Waals surface area contributed by atoms with Gasteiger partial charge in [-0.2, -0.15) is 0 Å².